The molecule has 4 aliphatic heterocycles. The number of thioether (sulfide) groups is 2. The lowest BCUT2D eigenvalue weighted by Crippen LogP contribution is -2.50. The molecule has 0 radical (unpaired) electrons. The largest absolute Gasteiger partial charge is 0.493 e. The van der Waals surface area contributed by atoms with Gasteiger partial charge in [-0.25, -0.2) is 9.69 Å². The number of nitrogens with one attached hydrogen (secondary N) is 6. The fourth-order valence-electron chi connectivity index (χ4n) is 8.65. The minimum Gasteiger partial charge on any atom is -0.493 e. The highest BCUT2D eigenvalue weighted by Crippen LogP contribution is 2.38. The van der Waals surface area contributed by atoms with Crippen LogP contribution in [0.2, 0.25) is 0 Å². The van der Waals surface area contributed by atoms with E-state index in [4.69, 9.17) is 18.9 Å². The number of aromatic amines is 1. The summed E-state index contributed by atoms with van der Waals surface area (Å²) in [5.41, 5.74) is 2.52. The van der Waals surface area contributed by atoms with Crippen molar-refractivity contribution >= 4 is 64.3 Å². The number of fused-ring (bicyclic) bond motifs is 1. The summed E-state index contributed by atoms with van der Waals surface area (Å²) in [6.45, 7) is 6.90. The first-order valence-corrected chi connectivity index (χ1v) is 27.5. The van der Waals surface area contributed by atoms with Crippen molar-refractivity contribution < 1.29 is 52.5 Å². The summed E-state index contributed by atoms with van der Waals surface area (Å²) in [5.74, 6) is -1.43. The van der Waals surface area contributed by atoms with E-state index in [-0.39, 0.29) is 54.6 Å². The molecule has 5 heterocycles. The topological polar surface area (TPSA) is 277 Å². The molecule has 0 saturated carbocycles. The number of rotatable bonds is 32. The van der Waals surface area contributed by atoms with Crippen molar-refractivity contribution in [1.82, 2.24) is 36.5 Å². The lowest BCUT2D eigenvalue weighted by Gasteiger charge is -2.20. The van der Waals surface area contributed by atoms with Crippen LogP contribution in [0.3, 0.4) is 0 Å². The first-order chi connectivity index (χ1) is 36.3. The molecule has 8 amide bonds. The molecule has 21 nitrogen and oxygen atoms in total. The molecule has 1 unspecified atom stereocenters. The third-order valence-corrected chi connectivity index (χ3v) is 15.6. The normalized spacial score (nSPS) is 19.5. The van der Waals surface area contributed by atoms with Crippen LogP contribution in [-0.2, 0) is 58.3 Å². The molecule has 0 aliphatic carbocycles. The van der Waals surface area contributed by atoms with Crippen LogP contribution >= 0.6 is 23.5 Å². The molecule has 75 heavy (non-hydrogen) atoms. The van der Waals surface area contributed by atoms with Gasteiger partial charge < -0.3 is 50.5 Å². The average Bonchev–Trinajstić information content (AvgIpc) is 3.74. The van der Waals surface area contributed by atoms with Gasteiger partial charge in [0.15, 0.2) is 5.43 Å². The minimum absolute atomic E-state index is 0.0164. The van der Waals surface area contributed by atoms with Gasteiger partial charge in [0.1, 0.15) is 11.8 Å². The van der Waals surface area contributed by atoms with Gasteiger partial charge in [-0.3, -0.25) is 33.6 Å². The Labute approximate surface area is 443 Å². The number of ether oxygens (including phenoxy) is 4. The Morgan fingerprint density at radius 1 is 0.840 bits per heavy atom. The zero-order valence-corrected chi connectivity index (χ0v) is 44.0. The number of aryl methyl sites for hydroxylation is 1. The molecule has 7 rings (SSSR count). The summed E-state index contributed by atoms with van der Waals surface area (Å²) in [5, 5.41) is 21.0. The Morgan fingerprint density at radius 3 is 2.21 bits per heavy atom. The van der Waals surface area contributed by atoms with Gasteiger partial charge in [-0.05, 0) is 75.3 Å². The maximum absolute atomic E-state index is 13.7. The zero-order valence-electron chi connectivity index (χ0n) is 42.4. The molecule has 23 heteroatoms. The van der Waals surface area contributed by atoms with Crippen LogP contribution < -0.4 is 36.7 Å². The van der Waals surface area contributed by atoms with Crippen LogP contribution in [0, 0.1) is 0 Å². The molecule has 3 aromatic rings. The third kappa shape index (κ3) is 16.9. The number of urea groups is 1. The van der Waals surface area contributed by atoms with Crippen LogP contribution in [-0.4, -0.2) is 144 Å². The Balaban J connectivity index is 0.764. The van der Waals surface area contributed by atoms with E-state index in [2.05, 4.69) is 41.8 Å². The molecule has 404 valence electrons. The Bertz CT molecular complexity index is 2560. The molecule has 0 bridgehead atoms. The summed E-state index contributed by atoms with van der Waals surface area (Å²) < 4.78 is 22.7. The molecule has 3 saturated heterocycles. The molecule has 0 spiro atoms. The second kappa shape index (κ2) is 28.1. The van der Waals surface area contributed by atoms with E-state index in [9.17, 15) is 38.4 Å². The van der Waals surface area contributed by atoms with Gasteiger partial charge >= 0.3 is 6.03 Å². The van der Waals surface area contributed by atoms with Crippen LogP contribution in [0.4, 0.5) is 9.59 Å². The number of imide groups is 3. The number of amides is 8. The maximum atomic E-state index is 13.7. The first kappa shape index (κ1) is 56.6. The second-order valence-corrected chi connectivity index (χ2v) is 21.1. The molecular weight excluding hydrogens is 1010 g/mol. The number of carbonyl (C=O) groups is 7. The van der Waals surface area contributed by atoms with E-state index >= 15 is 0 Å². The average molecular weight is 1070 g/mol. The lowest BCUT2D eigenvalue weighted by atomic mass is 10.0. The quantitative estimate of drug-likeness (QED) is 0.0376. The van der Waals surface area contributed by atoms with Crippen molar-refractivity contribution in [2.75, 3.05) is 65.1 Å². The molecule has 4 aliphatic rings. The zero-order chi connectivity index (χ0) is 53.2. The van der Waals surface area contributed by atoms with E-state index < -0.39 is 52.2 Å². The second-order valence-electron chi connectivity index (χ2n) is 18.7. The van der Waals surface area contributed by atoms with Crippen molar-refractivity contribution in [2.45, 2.75) is 112 Å². The van der Waals surface area contributed by atoms with Crippen molar-refractivity contribution in [2.24, 2.45) is 10.2 Å². The van der Waals surface area contributed by atoms with Gasteiger partial charge in [0.05, 0.1) is 56.8 Å². The van der Waals surface area contributed by atoms with Crippen LogP contribution in [0.5, 0.6) is 5.75 Å². The Morgan fingerprint density at radius 2 is 1.53 bits per heavy atom. The highest BCUT2D eigenvalue weighted by atomic mass is 32.2. The van der Waals surface area contributed by atoms with E-state index in [0.29, 0.717) is 99.8 Å². The van der Waals surface area contributed by atoms with Gasteiger partial charge in [-0.2, -0.15) is 22.0 Å². The van der Waals surface area contributed by atoms with Crippen molar-refractivity contribution in [3.8, 4) is 5.75 Å². The predicted molar refractivity (Wildman–Crippen MR) is 281 cm³/mol. The van der Waals surface area contributed by atoms with Crippen LogP contribution in [0.1, 0.15) is 91.5 Å². The number of nitrogens with zero attached hydrogens (tertiary/aromatic N) is 3. The number of hydrogen-bond donors (Lipinski definition) is 6. The van der Waals surface area contributed by atoms with Gasteiger partial charge in [-0.1, -0.05) is 49.4 Å². The Kier molecular flexibility index (Phi) is 21.2. The number of H-pyrrole nitrogens is 1. The first-order valence-electron chi connectivity index (χ1n) is 25.6. The minimum atomic E-state index is -1.42. The third-order valence-electron chi connectivity index (χ3n) is 13.1. The number of carbonyl (C=O) groups excluding carboxylic acids is 7. The van der Waals surface area contributed by atoms with Crippen molar-refractivity contribution in [1.29, 1.82) is 0 Å². The van der Waals surface area contributed by atoms with E-state index in [0.717, 1.165) is 53.6 Å². The fourth-order valence-corrected chi connectivity index (χ4v) is 11.2. The van der Waals surface area contributed by atoms with Gasteiger partial charge in [0.2, 0.25) is 23.4 Å². The summed E-state index contributed by atoms with van der Waals surface area (Å²) in [6.07, 6.45) is 6.64. The predicted octanol–water partition coefficient (Wildman–Crippen LogP) is 4.31. The molecule has 3 fully saturated rings. The highest BCUT2D eigenvalue weighted by molar-refractivity contribution is 8.15. The van der Waals surface area contributed by atoms with Gasteiger partial charge in [-0.15, -0.1) is 0 Å². The standard InChI is InChI=1S/C52H67N9O12S2/c1-3-34-31-55-37(29-41(34)62)18-23-73-38-16-10-33(11-17-38)28-43-49(67)61(51(69)75-43)45(64)30-39(56-47(65)35-12-14-36(15-13-35)52(2)59-60-52)48(66)54-20-7-22-71-25-27-72-26-24-70-21-6-19-53-44(63)9-5-4-8-42-46-40(32-74-42)57-50(68)58-46/h10-17,29,31,39-40,42-43,46H,3-9,18-28,30,32H2,1-2H3,(H,53,63)(H,54,66)(H,55,62)(H,56,65)(H2,57,58,68)/t39-,40+,42+,43?,46+/m1/s1. The molecule has 5 atom stereocenters. The molecule has 1 aromatic heterocycles. The van der Waals surface area contributed by atoms with Gasteiger partial charge in [0.25, 0.3) is 17.1 Å². The molecular formula is C52H67N9O12S2. The number of pyridine rings is 1. The van der Waals surface area contributed by atoms with Crippen LogP contribution in [0.15, 0.2) is 75.8 Å². The summed E-state index contributed by atoms with van der Waals surface area (Å²) in [7, 11) is 0. The van der Waals surface area contributed by atoms with Crippen LogP contribution in [0.25, 0.3) is 0 Å². The Hall–Kier alpha value is -6.14. The number of unbranched alkanes of at least 4 members (excludes halogenated alkanes) is 1. The smallest absolute Gasteiger partial charge is 0.315 e. The number of hydrogen-bond acceptors (Lipinski definition) is 16. The summed E-state index contributed by atoms with van der Waals surface area (Å²) in [6, 6.07) is 14.0. The van der Waals surface area contributed by atoms with Crippen molar-refractivity contribution in [3.05, 3.63) is 99.0 Å². The maximum Gasteiger partial charge on any atom is 0.315 e. The van der Waals surface area contributed by atoms with E-state index in [1.54, 1.807) is 60.8 Å². The fraction of sp³-hybridized carbons (Fsp3) is 0.538. The molecule has 6 N–H and O–H groups in total. The monoisotopic (exact) mass is 1070 g/mol. The van der Waals surface area contributed by atoms with Crippen molar-refractivity contribution in [3.63, 3.8) is 0 Å². The highest BCUT2D eigenvalue weighted by Gasteiger charge is 2.45. The lowest BCUT2D eigenvalue weighted by molar-refractivity contribution is -0.141. The number of benzene rings is 2. The SMILES string of the molecule is CCc1c[nH]c(CCOc2ccc(CC3SC(=O)N(C(=O)C[C@@H](NC(=O)c4ccc(C5(C)N=N5)cc4)C(=O)NCCCOCCOCCOCCCNC(=O)CCCC[C@@H]4SC[C@@H]5NC(=O)N[C@@H]54)C3=O)cc2)cc1=O. The summed E-state index contributed by atoms with van der Waals surface area (Å²) >= 11 is 2.60. The number of aromatic nitrogens is 1. The van der Waals surface area contributed by atoms with E-state index in [1.807, 2.05) is 25.6 Å². The molecule has 2 aromatic carbocycles. The summed E-state index contributed by atoms with van der Waals surface area (Å²) in [4.78, 5) is 107. The van der Waals surface area contributed by atoms with E-state index in [1.165, 1.54) is 0 Å². The van der Waals surface area contributed by atoms with Gasteiger partial charge in [0, 0.05) is 84.8 Å².